The molecule has 0 aliphatic rings. The van der Waals surface area contributed by atoms with Gasteiger partial charge in [-0.2, -0.15) is 0 Å². The highest BCUT2D eigenvalue weighted by Crippen LogP contribution is 2.23. The lowest BCUT2D eigenvalue weighted by atomic mass is 10.1. The molecule has 0 atom stereocenters. The Kier molecular flexibility index (Phi) is 5.52. The van der Waals surface area contributed by atoms with E-state index < -0.39 is 11.8 Å². The number of anilines is 1. The number of esters is 1. The SMILES string of the molecule is COc1ccc(COC(=O)c2cccc(C)c2NC(C)=O)cc1F. The van der Waals surface area contributed by atoms with Crippen molar-refractivity contribution < 1.29 is 23.5 Å². The van der Waals surface area contributed by atoms with Crippen molar-refractivity contribution >= 4 is 17.6 Å². The van der Waals surface area contributed by atoms with E-state index in [9.17, 15) is 14.0 Å². The lowest BCUT2D eigenvalue weighted by Gasteiger charge is -2.12. The molecule has 24 heavy (non-hydrogen) atoms. The molecule has 0 saturated heterocycles. The van der Waals surface area contributed by atoms with Crippen LogP contribution < -0.4 is 10.1 Å². The minimum Gasteiger partial charge on any atom is -0.494 e. The van der Waals surface area contributed by atoms with Crippen molar-refractivity contribution in [2.75, 3.05) is 12.4 Å². The fraction of sp³-hybridized carbons (Fsp3) is 0.222. The van der Waals surface area contributed by atoms with Gasteiger partial charge in [-0.25, -0.2) is 9.18 Å². The summed E-state index contributed by atoms with van der Waals surface area (Å²) in [7, 11) is 1.37. The number of amides is 1. The summed E-state index contributed by atoms with van der Waals surface area (Å²) in [5, 5.41) is 2.63. The Labute approximate surface area is 139 Å². The Morgan fingerprint density at radius 1 is 1.21 bits per heavy atom. The summed E-state index contributed by atoms with van der Waals surface area (Å²) < 4.78 is 23.7. The van der Waals surface area contributed by atoms with Gasteiger partial charge in [0.2, 0.25) is 5.91 Å². The monoisotopic (exact) mass is 331 g/mol. The summed E-state index contributed by atoms with van der Waals surface area (Å²) in [6.45, 7) is 3.05. The van der Waals surface area contributed by atoms with Crippen molar-refractivity contribution in [3.8, 4) is 5.75 Å². The van der Waals surface area contributed by atoms with Crippen LogP contribution in [0, 0.1) is 12.7 Å². The van der Waals surface area contributed by atoms with E-state index in [0.717, 1.165) is 5.56 Å². The van der Waals surface area contributed by atoms with Gasteiger partial charge in [0.1, 0.15) is 6.61 Å². The van der Waals surface area contributed by atoms with Gasteiger partial charge in [0, 0.05) is 6.92 Å². The number of rotatable bonds is 5. The van der Waals surface area contributed by atoms with E-state index in [0.29, 0.717) is 11.3 Å². The smallest absolute Gasteiger partial charge is 0.340 e. The minimum absolute atomic E-state index is 0.0901. The average molecular weight is 331 g/mol. The molecular formula is C18H18FNO4. The quantitative estimate of drug-likeness (QED) is 0.852. The predicted octanol–water partition coefficient (Wildman–Crippen LogP) is 3.46. The summed E-state index contributed by atoms with van der Waals surface area (Å²) in [4.78, 5) is 23.6. The second kappa shape index (κ2) is 7.59. The van der Waals surface area contributed by atoms with Crippen molar-refractivity contribution in [3.63, 3.8) is 0 Å². The van der Waals surface area contributed by atoms with Crippen LogP contribution in [0.15, 0.2) is 36.4 Å². The molecule has 1 N–H and O–H groups in total. The first-order valence-corrected chi connectivity index (χ1v) is 7.29. The lowest BCUT2D eigenvalue weighted by Crippen LogP contribution is -2.14. The number of ether oxygens (including phenoxy) is 2. The number of halogens is 1. The molecule has 0 saturated carbocycles. The molecule has 126 valence electrons. The van der Waals surface area contributed by atoms with Crippen LogP contribution in [0.3, 0.4) is 0 Å². The van der Waals surface area contributed by atoms with Gasteiger partial charge in [-0.1, -0.05) is 18.2 Å². The van der Waals surface area contributed by atoms with E-state index in [-0.39, 0.29) is 23.8 Å². The molecule has 2 aromatic rings. The zero-order valence-electron chi connectivity index (χ0n) is 13.7. The van der Waals surface area contributed by atoms with E-state index in [1.54, 1.807) is 31.2 Å². The molecule has 0 aliphatic carbocycles. The number of benzene rings is 2. The molecule has 0 radical (unpaired) electrons. The number of hydrogen-bond donors (Lipinski definition) is 1. The van der Waals surface area contributed by atoms with Crippen LogP contribution in [0.25, 0.3) is 0 Å². The van der Waals surface area contributed by atoms with E-state index in [1.165, 1.54) is 26.2 Å². The van der Waals surface area contributed by atoms with Crippen LogP contribution >= 0.6 is 0 Å². The summed E-state index contributed by atoms with van der Waals surface area (Å²) in [6.07, 6.45) is 0. The van der Waals surface area contributed by atoms with Crippen LogP contribution in [0.4, 0.5) is 10.1 Å². The number of carbonyl (C=O) groups is 2. The van der Waals surface area contributed by atoms with E-state index in [1.807, 2.05) is 0 Å². The Bertz CT molecular complexity index is 774. The molecule has 0 spiro atoms. The third kappa shape index (κ3) is 4.10. The van der Waals surface area contributed by atoms with Crippen molar-refractivity contribution in [1.82, 2.24) is 0 Å². The first kappa shape index (κ1) is 17.5. The summed E-state index contributed by atoms with van der Waals surface area (Å²) in [5.74, 6) is -1.29. The van der Waals surface area contributed by atoms with Gasteiger partial charge in [0.15, 0.2) is 11.6 Å². The molecule has 0 bridgehead atoms. The summed E-state index contributed by atoms with van der Waals surface area (Å²) in [5.41, 5.74) is 1.90. The topological polar surface area (TPSA) is 64.6 Å². The largest absolute Gasteiger partial charge is 0.494 e. The highest BCUT2D eigenvalue weighted by Gasteiger charge is 2.16. The third-order valence-corrected chi connectivity index (χ3v) is 3.38. The number of para-hydroxylation sites is 1. The van der Waals surface area contributed by atoms with Crippen molar-refractivity contribution in [2.45, 2.75) is 20.5 Å². The first-order chi connectivity index (χ1) is 11.4. The Morgan fingerprint density at radius 2 is 1.96 bits per heavy atom. The number of carbonyl (C=O) groups excluding carboxylic acids is 2. The highest BCUT2D eigenvalue weighted by molar-refractivity contribution is 6.01. The molecule has 0 unspecified atom stereocenters. The molecular weight excluding hydrogens is 313 g/mol. The summed E-state index contributed by atoms with van der Waals surface area (Å²) in [6, 6.07) is 9.37. The molecule has 0 aliphatic heterocycles. The van der Waals surface area contributed by atoms with Crippen LogP contribution in [0.2, 0.25) is 0 Å². The fourth-order valence-corrected chi connectivity index (χ4v) is 2.21. The maximum absolute atomic E-state index is 13.6. The molecule has 1 amide bonds. The van der Waals surface area contributed by atoms with E-state index >= 15 is 0 Å². The molecule has 2 aromatic carbocycles. The zero-order chi connectivity index (χ0) is 17.7. The zero-order valence-corrected chi connectivity index (χ0v) is 13.7. The molecule has 5 nitrogen and oxygen atoms in total. The van der Waals surface area contributed by atoms with Gasteiger partial charge in [0.25, 0.3) is 0 Å². The number of nitrogens with one attached hydrogen (secondary N) is 1. The van der Waals surface area contributed by atoms with Gasteiger partial charge in [-0.3, -0.25) is 4.79 Å². The number of hydrogen-bond acceptors (Lipinski definition) is 4. The lowest BCUT2D eigenvalue weighted by molar-refractivity contribution is -0.114. The predicted molar refractivity (Wildman–Crippen MR) is 87.6 cm³/mol. The Morgan fingerprint density at radius 3 is 2.58 bits per heavy atom. The summed E-state index contributed by atoms with van der Waals surface area (Å²) >= 11 is 0. The van der Waals surface area contributed by atoms with Crippen LogP contribution in [0.1, 0.15) is 28.4 Å². The molecule has 0 fully saturated rings. The molecule has 0 aromatic heterocycles. The molecule has 6 heteroatoms. The van der Waals surface area contributed by atoms with Crippen LogP contribution in [0.5, 0.6) is 5.75 Å². The van der Waals surface area contributed by atoms with Crippen molar-refractivity contribution in [3.05, 3.63) is 58.9 Å². The standard InChI is InChI=1S/C18H18FNO4/c1-11-5-4-6-14(17(11)20-12(2)21)18(22)24-10-13-7-8-16(23-3)15(19)9-13/h4-9H,10H2,1-3H3,(H,20,21). The van der Waals surface area contributed by atoms with Gasteiger partial charge < -0.3 is 14.8 Å². The van der Waals surface area contributed by atoms with Gasteiger partial charge in [-0.15, -0.1) is 0 Å². The van der Waals surface area contributed by atoms with Crippen molar-refractivity contribution in [1.29, 1.82) is 0 Å². The average Bonchev–Trinajstić information content (AvgIpc) is 2.54. The molecule has 2 rings (SSSR count). The fourth-order valence-electron chi connectivity index (χ4n) is 2.21. The molecule has 0 heterocycles. The number of aryl methyl sites for hydroxylation is 1. The Hall–Kier alpha value is -2.89. The second-order valence-electron chi connectivity index (χ2n) is 5.22. The highest BCUT2D eigenvalue weighted by atomic mass is 19.1. The van der Waals surface area contributed by atoms with Gasteiger partial charge in [-0.05, 0) is 36.2 Å². The maximum atomic E-state index is 13.6. The van der Waals surface area contributed by atoms with Crippen LogP contribution in [-0.2, 0) is 16.1 Å². The van der Waals surface area contributed by atoms with E-state index in [2.05, 4.69) is 5.32 Å². The second-order valence-corrected chi connectivity index (χ2v) is 5.22. The maximum Gasteiger partial charge on any atom is 0.340 e. The minimum atomic E-state index is -0.598. The van der Waals surface area contributed by atoms with E-state index in [4.69, 9.17) is 9.47 Å². The number of methoxy groups -OCH3 is 1. The first-order valence-electron chi connectivity index (χ1n) is 7.29. The normalized spacial score (nSPS) is 10.2. The van der Waals surface area contributed by atoms with Crippen molar-refractivity contribution in [2.24, 2.45) is 0 Å². The third-order valence-electron chi connectivity index (χ3n) is 3.38. The Balaban J connectivity index is 2.14. The van der Waals surface area contributed by atoms with Crippen LogP contribution in [-0.4, -0.2) is 19.0 Å². The van der Waals surface area contributed by atoms with Gasteiger partial charge in [0.05, 0.1) is 18.4 Å². The van der Waals surface area contributed by atoms with Gasteiger partial charge >= 0.3 is 5.97 Å².